The Hall–Kier alpha value is -2.96. The first kappa shape index (κ1) is 19.8. The van der Waals surface area contributed by atoms with Gasteiger partial charge in [-0.3, -0.25) is 9.59 Å². The Bertz CT molecular complexity index is 924. The fourth-order valence-corrected chi connectivity index (χ4v) is 3.48. The van der Waals surface area contributed by atoms with Gasteiger partial charge in [0, 0.05) is 17.8 Å². The molecule has 2 aromatic carbocycles. The molecule has 2 amide bonds. The molecule has 1 atom stereocenters. The molecule has 1 aromatic heterocycles. The van der Waals surface area contributed by atoms with Crippen molar-refractivity contribution in [2.75, 3.05) is 26.0 Å². The highest BCUT2D eigenvalue weighted by Crippen LogP contribution is 2.17. The van der Waals surface area contributed by atoms with Gasteiger partial charge in [-0.1, -0.05) is 42.5 Å². The Balaban J connectivity index is 1.73. The van der Waals surface area contributed by atoms with Gasteiger partial charge in [0.15, 0.2) is 0 Å². The van der Waals surface area contributed by atoms with E-state index in [1.807, 2.05) is 60.8 Å². The van der Waals surface area contributed by atoms with Crippen molar-refractivity contribution in [3.63, 3.8) is 0 Å². The van der Waals surface area contributed by atoms with E-state index in [0.717, 1.165) is 5.56 Å². The predicted octanol–water partition coefficient (Wildman–Crippen LogP) is 4.03. The molecule has 0 saturated heterocycles. The van der Waals surface area contributed by atoms with E-state index in [-0.39, 0.29) is 17.9 Å². The topological polar surface area (TPSA) is 61.4 Å². The fraction of sp³-hybridized carbons (Fsp3) is 0.182. The second kappa shape index (κ2) is 9.30. The van der Waals surface area contributed by atoms with E-state index in [1.54, 1.807) is 30.3 Å². The van der Waals surface area contributed by atoms with E-state index in [0.29, 0.717) is 22.7 Å². The van der Waals surface area contributed by atoms with Crippen molar-refractivity contribution in [3.8, 4) is 0 Å². The molecule has 0 saturated carbocycles. The van der Waals surface area contributed by atoms with Gasteiger partial charge in [-0.2, -0.15) is 0 Å². The monoisotopic (exact) mass is 393 g/mol. The number of carbonyl (C=O) groups excluding carboxylic acids is 2. The van der Waals surface area contributed by atoms with Gasteiger partial charge in [0.25, 0.3) is 11.8 Å². The first-order valence-electron chi connectivity index (χ1n) is 8.98. The number of benzene rings is 2. The van der Waals surface area contributed by atoms with Crippen LogP contribution < -0.4 is 10.6 Å². The SMILES string of the molecule is CN(C)CC(NC(=O)c1cccc(NC(=O)c2cccs2)c1)c1ccccc1. The zero-order valence-electron chi connectivity index (χ0n) is 15.9. The zero-order chi connectivity index (χ0) is 19.9. The summed E-state index contributed by atoms with van der Waals surface area (Å²) in [6.07, 6.45) is 0. The number of hydrogen-bond acceptors (Lipinski definition) is 4. The molecule has 2 N–H and O–H groups in total. The van der Waals surface area contributed by atoms with Gasteiger partial charge in [-0.05, 0) is 49.3 Å². The maximum atomic E-state index is 12.8. The molecule has 144 valence electrons. The van der Waals surface area contributed by atoms with Crippen LogP contribution in [0.4, 0.5) is 5.69 Å². The summed E-state index contributed by atoms with van der Waals surface area (Å²) >= 11 is 1.38. The van der Waals surface area contributed by atoms with Gasteiger partial charge in [0.1, 0.15) is 0 Å². The predicted molar refractivity (Wildman–Crippen MR) is 114 cm³/mol. The molecule has 3 aromatic rings. The molecule has 0 aliphatic rings. The van der Waals surface area contributed by atoms with Crippen molar-refractivity contribution in [1.29, 1.82) is 0 Å². The summed E-state index contributed by atoms with van der Waals surface area (Å²) in [4.78, 5) is 27.7. The Morgan fingerprint density at radius 2 is 1.75 bits per heavy atom. The second-order valence-electron chi connectivity index (χ2n) is 6.71. The molecule has 0 fully saturated rings. The third-order valence-corrected chi connectivity index (χ3v) is 5.05. The molecule has 3 rings (SSSR count). The molecule has 0 bridgehead atoms. The van der Waals surface area contributed by atoms with Crippen LogP contribution in [-0.2, 0) is 0 Å². The van der Waals surface area contributed by atoms with Gasteiger partial charge in [-0.15, -0.1) is 11.3 Å². The smallest absolute Gasteiger partial charge is 0.265 e. The lowest BCUT2D eigenvalue weighted by Gasteiger charge is -2.23. The van der Waals surface area contributed by atoms with Crippen molar-refractivity contribution in [1.82, 2.24) is 10.2 Å². The third-order valence-electron chi connectivity index (χ3n) is 4.18. The van der Waals surface area contributed by atoms with Crippen molar-refractivity contribution in [2.24, 2.45) is 0 Å². The number of hydrogen-bond donors (Lipinski definition) is 2. The Morgan fingerprint density at radius 1 is 0.964 bits per heavy atom. The second-order valence-corrected chi connectivity index (χ2v) is 7.66. The highest BCUT2D eigenvalue weighted by atomic mass is 32.1. The van der Waals surface area contributed by atoms with E-state index in [9.17, 15) is 9.59 Å². The molecule has 0 radical (unpaired) electrons. The van der Waals surface area contributed by atoms with E-state index < -0.39 is 0 Å². The summed E-state index contributed by atoms with van der Waals surface area (Å²) in [6, 6.07) is 20.3. The first-order valence-corrected chi connectivity index (χ1v) is 9.86. The standard InChI is InChI=1S/C22H23N3O2S/c1-25(2)15-19(16-8-4-3-5-9-16)24-21(26)17-10-6-11-18(14-17)23-22(27)20-12-7-13-28-20/h3-14,19H,15H2,1-2H3,(H,23,27)(H,24,26). The van der Waals surface area contributed by atoms with Gasteiger partial charge in [0.2, 0.25) is 0 Å². The van der Waals surface area contributed by atoms with Gasteiger partial charge in [0.05, 0.1) is 10.9 Å². The lowest BCUT2D eigenvalue weighted by Crippen LogP contribution is -2.35. The van der Waals surface area contributed by atoms with Gasteiger partial charge < -0.3 is 15.5 Å². The van der Waals surface area contributed by atoms with E-state index in [2.05, 4.69) is 10.6 Å². The minimum Gasteiger partial charge on any atom is -0.344 e. The zero-order valence-corrected chi connectivity index (χ0v) is 16.7. The number of carbonyl (C=O) groups is 2. The lowest BCUT2D eigenvalue weighted by atomic mass is 10.1. The largest absolute Gasteiger partial charge is 0.344 e. The summed E-state index contributed by atoms with van der Waals surface area (Å²) in [7, 11) is 3.95. The molecule has 0 aliphatic carbocycles. The van der Waals surface area contributed by atoms with E-state index >= 15 is 0 Å². The number of thiophene rings is 1. The van der Waals surface area contributed by atoms with Crippen molar-refractivity contribution >= 4 is 28.8 Å². The average Bonchev–Trinajstić information content (AvgIpc) is 3.23. The molecular formula is C22H23N3O2S. The van der Waals surface area contributed by atoms with Crippen LogP contribution in [0.15, 0.2) is 72.1 Å². The molecule has 0 spiro atoms. The molecule has 1 unspecified atom stereocenters. The Kier molecular flexibility index (Phi) is 6.57. The number of anilines is 1. The molecule has 1 heterocycles. The van der Waals surface area contributed by atoms with Crippen LogP contribution in [-0.4, -0.2) is 37.4 Å². The summed E-state index contributed by atoms with van der Waals surface area (Å²) in [5, 5.41) is 7.79. The van der Waals surface area contributed by atoms with Crippen LogP contribution in [0.3, 0.4) is 0 Å². The fourth-order valence-electron chi connectivity index (χ4n) is 2.87. The molecule has 28 heavy (non-hydrogen) atoms. The van der Waals surface area contributed by atoms with Gasteiger partial charge >= 0.3 is 0 Å². The summed E-state index contributed by atoms with van der Waals surface area (Å²) < 4.78 is 0. The Labute approximate surface area is 169 Å². The number of amides is 2. The number of nitrogens with one attached hydrogen (secondary N) is 2. The van der Waals surface area contributed by atoms with Crippen LogP contribution in [0.1, 0.15) is 31.6 Å². The maximum Gasteiger partial charge on any atom is 0.265 e. The Morgan fingerprint density at radius 3 is 2.43 bits per heavy atom. The van der Waals surface area contributed by atoms with Gasteiger partial charge in [-0.25, -0.2) is 0 Å². The highest BCUT2D eigenvalue weighted by molar-refractivity contribution is 7.12. The van der Waals surface area contributed by atoms with Crippen LogP contribution in [0.25, 0.3) is 0 Å². The average molecular weight is 394 g/mol. The quantitative estimate of drug-likeness (QED) is 0.637. The van der Waals surface area contributed by atoms with Crippen molar-refractivity contribution in [3.05, 3.63) is 88.1 Å². The van der Waals surface area contributed by atoms with E-state index in [1.165, 1.54) is 11.3 Å². The molecule has 5 nitrogen and oxygen atoms in total. The summed E-state index contributed by atoms with van der Waals surface area (Å²) in [5.74, 6) is -0.356. The maximum absolute atomic E-state index is 12.8. The number of nitrogens with zero attached hydrogens (tertiary/aromatic N) is 1. The van der Waals surface area contributed by atoms with Crippen molar-refractivity contribution < 1.29 is 9.59 Å². The molecule has 6 heteroatoms. The third kappa shape index (κ3) is 5.28. The molecule has 0 aliphatic heterocycles. The summed E-state index contributed by atoms with van der Waals surface area (Å²) in [6.45, 7) is 0.685. The van der Waals surface area contributed by atoms with Crippen LogP contribution in [0, 0.1) is 0 Å². The number of likely N-dealkylation sites (N-methyl/N-ethyl adjacent to an activating group) is 1. The van der Waals surface area contributed by atoms with E-state index in [4.69, 9.17) is 0 Å². The highest BCUT2D eigenvalue weighted by Gasteiger charge is 2.17. The van der Waals surface area contributed by atoms with Crippen molar-refractivity contribution in [2.45, 2.75) is 6.04 Å². The summed E-state index contributed by atoms with van der Waals surface area (Å²) in [5.41, 5.74) is 2.14. The normalized spacial score (nSPS) is 11.8. The first-order chi connectivity index (χ1) is 13.5. The van der Waals surface area contributed by atoms with Crippen LogP contribution >= 0.6 is 11.3 Å². The van der Waals surface area contributed by atoms with Crippen LogP contribution in [0.2, 0.25) is 0 Å². The number of rotatable bonds is 7. The minimum absolute atomic E-state index is 0.131. The van der Waals surface area contributed by atoms with Crippen LogP contribution in [0.5, 0.6) is 0 Å². The lowest BCUT2D eigenvalue weighted by molar-refractivity contribution is 0.0929. The molecular weight excluding hydrogens is 370 g/mol. The minimum atomic E-state index is -0.178.